The smallest absolute Gasteiger partial charge is 0.360 e. The lowest BCUT2D eigenvalue weighted by Crippen LogP contribution is -2.05. The Labute approximate surface area is 145 Å². The van der Waals surface area contributed by atoms with Crippen LogP contribution in [0.5, 0.6) is 5.75 Å². The molecule has 0 unspecified atom stereocenters. The number of benzene rings is 2. The number of hydrogen-bond acceptors (Lipinski definition) is 5. The summed E-state index contributed by atoms with van der Waals surface area (Å²) >= 11 is 4.97. The molecule has 0 saturated carbocycles. The van der Waals surface area contributed by atoms with Gasteiger partial charge in [-0.3, -0.25) is 0 Å². The third-order valence-electron chi connectivity index (χ3n) is 3.26. The Bertz CT molecular complexity index is 884. The Morgan fingerprint density at radius 3 is 2.57 bits per heavy atom. The molecule has 23 heavy (non-hydrogen) atoms. The van der Waals surface area contributed by atoms with Gasteiger partial charge in [0, 0.05) is 20.6 Å². The fourth-order valence-electron chi connectivity index (χ4n) is 2.17. The van der Waals surface area contributed by atoms with E-state index in [-0.39, 0.29) is 11.4 Å². The molecular formula is C17H12BrNO3S. The van der Waals surface area contributed by atoms with Gasteiger partial charge in [-0.1, -0.05) is 30.0 Å². The first-order valence-electron chi connectivity index (χ1n) is 6.73. The van der Waals surface area contributed by atoms with Crippen molar-refractivity contribution >= 4 is 44.4 Å². The van der Waals surface area contributed by atoms with Crippen LogP contribution in [0.4, 0.5) is 0 Å². The number of rotatable bonds is 3. The van der Waals surface area contributed by atoms with Crippen LogP contribution in [0.15, 0.2) is 62.9 Å². The molecule has 0 bridgehead atoms. The van der Waals surface area contributed by atoms with Crippen LogP contribution >= 0.6 is 27.7 Å². The van der Waals surface area contributed by atoms with Crippen molar-refractivity contribution in [3.63, 3.8) is 0 Å². The maximum atomic E-state index is 11.7. The van der Waals surface area contributed by atoms with Crippen LogP contribution < -0.4 is 0 Å². The van der Waals surface area contributed by atoms with Crippen molar-refractivity contribution in [3.05, 3.63) is 58.8 Å². The quantitative estimate of drug-likeness (QED) is 0.522. The lowest BCUT2D eigenvalue weighted by molar-refractivity contribution is 0.0590. The van der Waals surface area contributed by atoms with Crippen LogP contribution in [-0.4, -0.2) is 23.2 Å². The number of carbonyl (C=O) groups is 1. The summed E-state index contributed by atoms with van der Waals surface area (Å²) in [5.74, 6) is -0.848. The molecule has 0 atom stereocenters. The number of methoxy groups -OCH3 is 1. The lowest BCUT2D eigenvalue weighted by atomic mass is 10.1. The van der Waals surface area contributed by atoms with Crippen molar-refractivity contribution in [3.8, 4) is 5.75 Å². The Kier molecular flexibility index (Phi) is 4.54. The van der Waals surface area contributed by atoms with E-state index in [0.29, 0.717) is 9.99 Å². The van der Waals surface area contributed by atoms with Crippen molar-refractivity contribution in [2.45, 2.75) is 9.79 Å². The van der Waals surface area contributed by atoms with Crippen LogP contribution in [0.2, 0.25) is 0 Å². The maximum absolute atomic E-state index is 11.7. The third kappa shape index (κ3) is 3.18. The molecule has 0 aliphatic rings. The number of aromatic hydroxyl groups is 1. The Hall–Kier alpha value is -2.05. The van der Waals surface area contributed by atoms with E-state index in [1.54, 1.807) is 17.8 Å². The van der Waals surface area contributed by atoms with E-state index in [0.717, 1.165) is 15.2 Å². The van der Waals surface area contributed by atoms with Crippen LogP contribution in [-0.2, 0) is 4.74 Å². The molecule has 0 aliphatic carbocycles. The second-order valence-corrected chi connectivity index (χ2v) is 6.61. The fourth-order valence-corrected chi connectivity index (χ4v) is 3.55. The summed E-state index contributed by atoms with van der Waals surface area (Å²) in [6, 6.07) is 15.6. The van der Waals surface area contributed by atoms with Crippen molar-refractivity contribution < 1.29 is 14.6 Å². The molecule has 0 spiro atoms. The van der Waals surface area contributed by atoms with E-state index in [4.69, 9.17) is 0 Å². The van der Waals surface area contributed by atoms with Gasteiger partial charge < -0.3 is 9.84 Å². The lowest BCUT2D eigenvalue weighted by Gasteiger charge is -2.09. The maximum Gasteiger partial charge on any atom is 0.360 e. The summed E-state index contributed by atoms with van der Waals surface area (Å²) in [4.78, 5) is 17.9. The van der Waals surface area contributed by atoms with Crippen LogP contribution in [0.3, 0.4) is 0 Å². The van der Waals surface area contributed by atoms with E-state index in [1.165, 1.54) is 7.11 Å². The Balaban J connectivity index is 2.07. The minimum absolute atomic E-state index is 0.102. The van der Waals surface area contributed by atoms with Gasteiger partial charge in [0.2, 0.25) is 0 Å². The molecule has 0 radical (unpaired) electrons. The number of pyridine rings is 1. The Morgan fingerprint density at radius 2 is 1.87 bits per heavy atom. The minimum atomic E-state index is -0.673. The second kappa shape index (κ2) is 6.60. The summed E-state index contributed by atoms with van der Waals surface area (Å²) < 4.78 is 5.12. The molecule has 3 aromatic rings. The first-order valence-corrected chi connectivity index (χ1v) is 8.34. The number of carbonyl (C=O) groups excluding carboxylic acids is 1. The van der Waals surface area contributed by atoms with E-state index in [1.807, 2.05) is 42.5 Å². The van der Waals surface area contributed by atoms with Gasteiger partial charge in [-0.05, 0) is 46.3 Å². The molecule has 0 aliphatic heterocycles. The highest BCUT2D eigenvalue weighted by Crippen LogP contribution is 2.36. The molecule has 0 fully saturated rings. The monoisotopic (exact) mass is 389 g/mol. The van der Waals surface area contributed by atoms with Gasteiger partial charge in [0.05, 0.1) is 7.11 Å². The van der Waals surface area contributed by atoms with Gasteiger partial charge in [-0.15, -0.1) is 0 Å². The number of aromatic nitrogens is 1. The van der Waals surface area contributed by atoms with Gasteiger partial charge >= 0.3 is 5.97 Å². The topological polar surface area (TPSA) is 59.4 Å². The number of nitrogens with zero attached hydrogens (tertiary/aromatic N) is 1. The third-order valence-corrected chi connectivity index (χ3v) is 4.86. The summed E-state index contributed by atoms with van der Waals surface area (Å²) in [6.07, 6.45) is 0. The average Bonchev–Trinajstić information content (AvgIpc) is 2.58. The van der Waals surface area contributed by atoms with Gasteiger partial charge in [0.25, 0.3) is 0 Å². The summed E-state index contributed by atoms with van der Waals surface area (Å²) in [6.45, 7) is 0. The number of esters is 1. The highest BCUT2D eigenvalue weighted by molar-refractivity contribution is 9.10. The van der Waals surface area contributed by atoms with E-state index < -0.39 is 5.97 Å². The predicted octanol–water partition coefficient (Wildman–Crippen LogP) is 4.64. The number of halogens is 1. The summed E-state index contributed by atoms with van der Waals surface area (Å²) in [5.41, 5.74) is -0.102. The summed E-state index contributed by atoms with van der Waals surface area (Å²) in [7, 11) is 1.25. The Morgan fingerprint density at radius 1 is 1.13 bits per heavy atom. The molecule has 1 N–H and O–H groups in total. The zero-order valence-corrected chi connectivity index (χ0v) is 14.5. The highest BCUT2D eigenvalue weighted by Gasteiger charge is 2.19. The molecule has 116 valence electrons. The number of fused-ring (bicyclic) bond motifs is 1. The zero-order chi connectivity index (χ0) is 16.4. The molecule has 1 aromatic heterocycles. The molecular weight excluding hydrogens is 378 g/mol. The molecule has 0 amide bonds. The van der Waals surface area contributed by atoms with Crippen molar-refractivity contribution in [1.29, 1.82) is 0 Å². The van der Waals surface area contributed by atoms with Gasteiger partial charge in [-0.25, -0.2) is 9.78 Å². The van der Waals surface area contributed by atoms with Crippen molar-refractivity contribution in [2.24, 2.45) is 0 Å². The minimum Gasteiger partial charge on any atom is -0.505 e. The average molecular weight is 390 g/mol. The molecule has 1 heterocycles. The largest absolute Gasteiger partial charge is 0.505 e. The van der Waals surface area contributed by atoms with Gasteiger partial charge in [0.1, 0.15) is 4.60 Å². The van der Waals surface area contributed by atoms with E-state index in [9.17, 15) is 9.90 Å². The SMILES string of the molecule is COC(=O)c1nc(Br)c2cc(Sc3ccccc3)ccc2c1O. The molecule has 0 saturated heterocycles. The highest BCUT2D eigenvalue weighted by atomic mass is 79.9. The van der Waals surface area contributed by atoms with Crippen molar-refractivity contribution in [2.75, 3.05) is 7.11 Å². The molecule has 2 aromatic carbocycles. The van der Waals surface area contributed by atoms with Gasteiger partial charge in [-0.2, -0.15) is 0 Å². The first kappa shape index (κ1) is 15.8. The first-order chi connectivity index (χ1) is 11.1. The predicted molar refractivity (Wildman–Crippen MR) is 93.0 cm³/mol. The van der Waals surface area contributed by atoms with Gasteiger partial charge in [0.15, 0.2) is 11.4 Å². The standard InChI is InChI=1S/C17H12BrNO3S/c1-22-17(21)14-15(20)12-8-7-11(9-13(12)16(18)19-14)23-10-5-3-2-4-6-10/h2-9,20H,1H3. The summed E-state index contributed by atoms with van der Waals surface area (Å²) in [5, 5.41) is 11.5. The van der Waals surface area contributed by atoms with E-state index >= 15 is 0 Å². The fraction of sp³-hybridized carbons (Fsp3) is 0.0588. The van der Waals surface area contributed by atoms with Crippen molar-refractivity contribution in [1.82, 2.24) is 4.98 Å². The molecule has 6 heteroatoms. The normalized spacial score (nSPS) is 10.7. The number of hydrogen-bond donors (Lipinski definition) is 1. The second-order valence-electron chi connectivity index (χ2n) is 4.71. The van der Waals surface area contributed by atoms with Crippen LogP contribution in [0.1, 0.15) is 10.5 Å². The van der Waals surface area contributed by atoms with E-state index in [2.05, 4.69) is 25.7 Å². The molecule has 3 rings (SSSR count). The number of ether oxygens (including phenoxy) is 1. The van der Waals surface area contributed by atoms with Crippen LogP contribution in [0.25, 0.3) is 10.8 Å². The molecule has 4 nitrogen and oxygen atoms in total. The van der Waals surface area contributed by atoms with Crippen LogP contribution in [0, 0.1) is 0 Å². The zero-order valence-electron chi connectivity index (χ0n) is 12.1.